The Labute approximate surface area is 136 Å². The predicted octanol–water partition coefficient (Wildman–Crippen LogP) is 2.83. The summed E-state index contributed by atoms with van der Waals surface area (Å²) in [5.74, 6) is -0.666. The monoisotopic (exact) mass is 342 g/mol. The Hall–Kier alpha value is -2.38. The molecule has 1 aliphatic heterocycles. The van der Waals surface area contributed by atoms with Gasteiger partial charge in [-0.3, -0.25) is 14.6 Å². The van der Waals surface area contributed by atoms with Crippen molar-refractivity contribution in [2.24, 2.45) is 4.99 Å². The molecule has 24 heavy (non-hydrogen) atoms. The van der Waals surface area contributed by atoms with Gasteiger partial charge in [-0.25, -0.2) is 0 Å². The van der Waals surface area contributed by atoms with Gasteiger partial charge in [0, 0.05) is 12.1 Å². The number of nitrogens with zero attached hydrogens (tertiary/aromatic N) is 1. The molecule has 0 atom stereocenters. The van der Waals surface area contributed by atoms with Crippen LogP contribution in [0.25, 0.3) is 0 Å². The Kier molecular flexibility index (Phi) is 5.58. The van der Waals surface area contributed by atoms with E-state index in [1.165, 1.54) is 12.1 Å². The molecule has 0 aromatic heterocycles. The summed E-state index contributed by atoms with van der Waals surface area (Å²) in [6.45, 7) is 1.31. The van der Waals surface area contributed by atoms with Crippen molar-refractivity contribution >= 4 is 23.2 Å². The first-order chi connectivity index (χ1) is 11.3. The number of carbonyl (C=O) groups excluding carboxylic acids is 2. The number of alkyl halides is 3. The van der Waals surface area contributed by atoms with Crippen LogP contribution in [0.1, 0.15) is 30.9 Å². The summed E-state index contributed by atoms with van der Waals surface area (Å²) in [6, 6.07) is 3.67. The zero-order chi connectivity index (χ0) is 17.7. The first-order valence-corrected chi connectivity index (χ1v) is 7.47. The highest BCUT2D eigenvalue weighted by atomic mass is 19.4. The number of cyclic esters (lactones) is 1. The van der Waals surface area contributed by atoms with Crippen LogP contribution >= 0.6 is 0 Å². The van der Waals surface area contributed by atoms with E-state index in [-0.39, 0.29) is 42.4 Å². The molecule has 1 aromatic carbocycles. The van der Waals surface area contributed by atoms with Gasteiger partial charge in [-0.05, 0) is 24.1 Å². The summed E-state index contributed by atoms with van der Waals surface area (Å²) in [4.78, 5) is 26.4. The predicted molar refractivity (Wildman–Crippen MR) is 82.2 cm³/mol. The van der Waals surface area contributed by atoms with E-state index in [0.29, 0.717) is 12.8 Å². The minimum atomic E-state index is -4.59. The van der Waals surface area contributed by atoms with E-state index < -0.39 is 17.7 Å². The molecule has 1 N–H and O–H groups in total. The maximum atomic E-state index is 13.3. The average molecular weight is 342 g/mol. The Bertz CT molecular complexity index is 669. The van der Waals surface area contributed by atoms with Crippen LogP contribution in [-0.4, -0.2) is 37.2 Å². The zero-order valence-corrected chi connectivity index (χ0v) is 13.1. The number of anilines is 1. The second kappa shape index (κ2) is 7.46. The molecule has 1 aliphatic rings. The highest BCUT2D eigenvalue weighted by Crippen LogP contribution is 2.35. The number of esters is 1. The fraction of sp³-hybridized carbons (Fsp3) is 0.438. The normalized spacial score (nSPS) is 14.8. The van der Waals surface area contributed by atoms with Crippen molar-refractivity contribution in [3.8, 4) is 0 Å². The van der Waals surface area contributed by atoms with Crippen LogP contribution < -0.4 is 5.32 Å². The van der Waals surface area contributed by atoms with Crippen molar-refractivity contribution in [2.75, 3.05) is 25.0 Å². The molecular formula is C16H17F3N2O3. The van der Waals surface area contributed by atoms with Gasteiger partial charge >= 0.3 is 12.1 Å². The largest absolute Gasteiger partial charge is 0.458 e. The summed E-state index contributed by atoms with van der Waals surface area (Å²) in [7, 11) is 0. The first-order valence-electron chi connectivity index (χ1n) is 7.47. The van der Waals surface area contributed by atoms with E-state index in [4.69, 9.17) is 4.74 Å². The van der Waals surface area contributed by atoms with Gasteiger partial charge in [0.1, 0.15) is 13.2 Å². The highest BCUT2D eigenvalue weighted by molar-refractivity contribution is 6.04. The van der Waals surface area contributed by atoms with Crippen LogP contribution in [0.4, 0.5) is 18.9 Å². The second-order valence-corrected chi connectivity index (χ2v) is 5.32. The number of ketones is 1. The molecule has 0 fully saturated rings. The minimum absolute atomic E-state index is 0.154. The van der Waals surface area contributed by atoms with E-state index in [0.717, 1.165) is 6.07 Å². The first kappa shape index (κ1) is 18.0. The summed E-state index contributed by atoms with van der Waals surface area (Å²) in [6.07, 6.45) is -3.63. The molecule has 0 unspecified atom stereocenters. The van der Waals surface area contributed by atoms with Crippen molar-refractivity contribution < 1.29 is 27.5 Å². The number of hydrogen-bond donors (Lipinski definition) is 1. The van der Waals surface area contributed by atoms with Gasteiger partial charge in [0.05, 0.1) is 17.8 Å². The van der Waals surface area contributed by atoms with Gasteiger partial charge in [0.2, 0.25) is 0 Å². The second-order valence-electron chi connectivity index (χ2n) is 5.32. The lowest BCUT2D eigenvalue weighted by atomic mass is 10.0. The summed E-state index contributed by atoms with van der Waals surface area (Å²) in [5.41, 5.74) is -0.526. The van der Waals surface area contributed by atoms with Gasteiger partial charge in [0.15, 0.2) is 5.78 Å². The van der Waals surface area contributed by atoms with Gasteiger partial charge in [0.25, 0.3) is 0 Å². The molecule has 0 saturated heterocycles. The smallest absolute Gasteiger partial charge is 0.418 e. The summed E-state index contributed by atoms with van der Waals surface area (Å²) >= 11 is 0. The van der Waals surface area contributed by atoms with Crippen LogP contribution in [0.5, 0.6) is 0 Å². The highest BCUT2D eigenvalue weighted by Gasteiger charge is 2.34. The lowest BCUT2D eigenvalue weighted by Crippen LogP contribution is -2.24. The Morgan fingerprint density at radius 3 is 2.71 bits per heavy atom. The quantitative estimate of drug-likeness (QED) is 0.807. The lowest BCUT2D eigenvalue weighted by molar-refractivity contribution is -0.141. The Morgan fingerprint density at radius 1 is 1.38 bits per heavy atom. The van der Waals surface area contributed by atoms with E-state index >= 15 is 0 Å². The number of hydrogen-bond acceptors (Lipinski definition) is 5. The van der Waals surface area contributed by atoms with Gasteiger partial charge in [-0.15, -0.1) is 0 Å². The van der Waals surface area contributed by atoms with E-state index in [1.54, 1.807) is 0 Å². The summed E-state index contributed by atoms with van der Waals surface area (Å²) in [5, 5.41) is 2.55. The molecule has 0 radical (unpaired) electrons. The van der Waals surface area contributed by atoms with Crippen LogP contribution in [0.15, 0.2) is 23.2 Å². The maximum Gasteiger partial charge on any atom is 0.418 e. The molecule has 1 aromatic rings. The topological polar surface area (TPSA) is 67.8 Å². The van der Waals surface area contributed by atoms with E-state index in [1.807, 2.05) is 6.92 Å². The van der Waals surface area contributed by atoms with Crippen molar-refractivity contribution in [3.05, 3.63) is 29.3 Å². The average Bonchev–Trinajstić information content (AvgIpc) is 2.53. The van der Waals surface area contributed by atoms with Gasteiger partial charge in [-0.2, -0.15) is 13.2 Å². The van der Waals surface area contributed by atoms with Gasteiger partial charge < -0.3 is 10.1 Å². The van der Waals surface area contributed by atoms with Crippen molar-refractivity contribution in [2.45, 2.75) is 25.9 Å². The van der Waals surface area contributed by atoms with Crippen molar-refractivity contribution in [3.63, 3.8) is 0 Å². The summed E-state index contributed by atoms with van der Waals surface area (Å²) < 4.78 is 44.6. The third kappa shape index (κ3) is 4.56. The zero-order valence-electron chi connectivity index (χ0n) is 13.1. The Balaban J connectivity index is 2.26. The molecule has 0 bridgehead atoms. The molecule has 0 amide bonds. The van der Waals surface area contributed by atoms with E-state index in [2.05, 4.69) is 10.3 Å². The van der Waals surface area contributed by atoms with E-state index in [9.17, 15) is 22.8 Å². The number of carbonyl (C=O) groups is 2. The number of halogens is 3. The number of benzene rings is 1. The lowest BCUT2D eigenvalue weighted by Gasteiger charge is -2.18. The molecule has 0 saturated carbocycles. The maximum absolute atomic E-state index is 13.3. The van der Waals surface area contributed by atoms with Gasteiger partial charge in [-0.1, -0.05) is 13.0 Å². The molecule has 8 heteroatoms. The van der Waals surface area contributed by atoms with Crippen LogP contribution in [-0.2, 0) is 20.5 Å². The molecule has 2 rings (SSSR count). The third-order valence-electron chi connectivity index (χ3n) is 3.43. The fourth-order valence-corrected chi connectivity index (χ4v) is 2.25. The minimum Gasteiger partial charge on any atom is -0.458 e. The molecule has 130 valence electrons. The molecular weight excluding hydrogens is 325 g/mol. The van der Waals surface area contributed by atoms with Crippen LogP contribution in [0.3, 0.4) is 0 Å². The Morgan fingerprint density at radius 2 is 2.12 bits per heavy atom. The third-order valence-corrected chi connectivity index (χ3v) is 3.43. The fourth-order valence-electron chi connectivity index (χ4n) is 2.25. The SMILES string of the molecule is CCCC(=O)CNc1ccc(C2=NCC(=O)OC2)cc1C(F)(F)F. The van der Waals surface area contributed by atoms with Crippen LogP contribution in [0, 0.1) is 0 Å². The molecule has 0 aliphatic carbocycles. The standard InChI is InChI=1S/C16H17F3N2O3/c1-2-3-11(22)7-20-13-5-4-10(6-12(13)16(17,18)19)14-9-24-15(23)8-21-14/h4-6,20H,2-3,7-9H2,1H3. The molecule has 1 heterocycles. The molecule has 5 nitrogen and oxygen atoms in total. The number of aliphatic imine (C=N–C) groups is 1. The molecule has 0 spiro atoms. The number of ether oxygens (including phenoxy) is 1. The van der Waals surface area contributed by atoms with Crippen molar-refractivity contribution in [1.82, 2.24) is 0 Å². The number of nitrogens with one attached hydrogen (secondary N) is 1. The number of Topliss-reactive ketones (excluding diaryl/α,β-unsaturated/α-hetero) is 1. The van der Waals surface area contributed by atoms with Crippen molar-refractivity contribution in [1.29, 1.82) is 0 Å². The van der Waals surface area contributed by atoms with Crippen LogP contribution in [0.2, 0.25) is 0 Å². The number of rotatable bonds is 6.